The van der Waals surface area contributed by atoms with Gasteiger partial charge < -0.3 is 9.88 Å². The van der Waals surface area contributed by atoms with E-state index in [0.717, 1.165) is 24.6 Å². The molecule has 1 N–H and O–H groups in total. The molecule has 66 valence electrons. The second kappa shape index (κ2) is 2.49. The van der Waals surface area contributed by atoms with Crippen molar-refractivity contribution in [3.05, 3.63) is 24.3 Å². The normalized spacial score (nSPS) is 15.4. The van der Waals surface area contributed by atoms with Crippen LogP contribution in [0.5, 0.6) is 0 Å². The van der Waals surface area contributed by atoms with Gasteiger partial charge >= 0.3 is 0 Å². The fourth-order valence-corrected chi connectivity index (χ4v) is 1.87. The first kappa shape index (κ1) is 6.95. The molecule has 1 aromatic heterocycles. The van der Waals surface area contributed by atoms with Gasteiger partial charge in [-0.3, -0.25) is 0 Å². The molecule has 0 unspecified atom stereocenters. The molecule has 0 saturated heterocycles. The number of imidazole rings is 1. The van der Waals surface area contributed by atoms with E-state index in [4.69, 9.17) is 0 Å². The van der Waals surface area contributed by atoms with Crippen LogP contribution in [0.4, 0.5) is 5.95 Å². The minimum atomic E-state index is 1.02. The van der Waals surface area contributed by atoms with Gasteiger partial charge in [0, 0.05) is 13.1 Å². The number of hydrogen-bond donors (Lipinski definition) is 1. The molecule has 0 spiro atoms. The monoisotopic (exact) mass is 173 g/mol. The van der Waals surface area contributed by atoms with Gasteiger partial charge in [0.2, 0.25) is 5.95 Å². The Balaban J connectivity index is 2.34. The van der Waals surface area contributed by atoms with E-state index in [1.54, 1.807) is 0 Å². The van der Waals surface area contributed by atoms with E-state index in [9.17, 15) is 0 Å². The van der Waals surface area contributed by atoms with Gasteiger partial charge in [0.25, 0.3) is 0 Å². The summed E-state index contributed by atoms with van der Waals surface area (Å²) >= 11 is 0. The maximum atomic E-state index is 4.51. The molecular formula is C10H11N3. The quantitative estimate of drug-likeness (QED) is 0.659. The molecule has 2 aromatic rings. The minimum absolute atomic E-state index is 1.02. The smallest absolute Gasteiger partial charge is 0.203 e. The van der Waals surface area contributed by atoms with Crippen LogP contribution >= 0.6 is 0 Å². The molecule has 13 heavy (non-hydrogen) atoms. The largest absolute Gasteiger partial charge is 0.356 e. The van der Waals surface area contributed by atoms with E-state index < -0.39 is 0 Å². The molecule has 0 atom stereocenters. The number of rotatable bonds is 0. The third-order valence-corrected chi connectivity index (χ3v) is 2.50. The fourth-order valence-electron chi connectivity index (χ4n) is 1.87. The molecule has 0 bridgehead atoms. The van der Waals surface area contributed by atoms with Gasteiger partial charge in [-0.15, -0.1) is 0 Å². The number of para-hydroxylation sites is 2. The predicted octanol–water partition coefficient (Wildman–Crippen LogP) is 1.85. The van der Waals surface area contributed by atoms with Crippen molar-refractivity contribution in [1.29, 1.82) is 0 Å². The summed E-state index contributed by atoms with van der Waals surface area (Å²) in [5.74, 6) is 1.02. The van der Waals surface area contributed by atoms with E-state index >= 15 is 0 Å². The number of anilines is 1. The molecule has 1 aliphatic rings. The number of aromatic nitrogens is 2. The minimum Gasteiger partial charge on any atom is -0.356 e. The van der Waals surface area contributed by atoms with Gasteiger partial charge in [0.05, 0.1) is 11.0 Å². The first-order chi connectivity index (χ1) is 6.45. The van der Waals surface area contributed by atoms with Crippen LogP contribution in [-0.4, -0.2) is 16.1 Å². The summed E-state index contributed by atoms with van der Waals surface area (Å²) in [5.41, 5.74) is 2.33. The van der Waals surface area contributed by atoms with Crippen molar-refractivity contribution >= 4 is 17.0 Å². The highest BCUT2D eigenvalue weighted by Crippen LogP contribution is 2.21. The average molecular weight is 173 g/mol. The Hall–Kier alpha value is -1.51. The van der Waals surface area contributed by atoms with Gasteiger partial charge in [-0.05, 0) is 18.6 Å². The van der Waals surface area contributed by atoms with Crippen LogP contribution in [-0.2, 0) is 6.54 Å². The van der Waals surface area contributed by atoms with Crippen LogP contribution in [0.3, 0.4) is 0 Å². The van der Waals surface area contributed by atoms with Gasteiger partial charge in [-0.1, -0.05) is 12.1 Å². The summed E-state index contributed by atoms with van der Waals surface area (Å²) in [6.45, 7) is 2.13. The molecular weight excluding hydrogens is 162 g/mol. The molecule has 2 heterocycles. The first-order valence-electron chi connectivity index (χ1n) is 4.64. The zero-order valence-corrected chi connectivity index (χ0v) is 7.33. The van der Waals surface area contributed by atoms with Crippen molar-refractivity contribution in [1.82, 2.24) is 9.55 Å². The average Bonchev–Trinajstić information content (AvgIpc) is 2.56. The van der Waals surface area contributed by atoms with Crippen molar-refractivity contribution in [3.63, 3.8) is 0 Å². The predicted molar refractivity (Wildman–Crippen MR) is 52.8 cm³/mol. The van der Waals surface area contributed by atoms with Crippen molar-refractivity contribution in [2.75, 3.05) is 11.9 Å². The highest BCUT2D eigenvalue weighted by molar-refractivity contribution is 5.78. The summed E-state index contributed by atoms with van der Waals surface area (Å²) in [7, 11) is 0. The van der Waals surface area contributed by atoms with E-state index in [-0.39, 0.29) is 0 Å². The first-order valence-corrected chi connectivity index (χ1v) is 4.64. The summed E-state index contributed by atoms with van der Waals surface area (Å²) in [4.78, 5) is 4.51. The van der Waals surface area contributed by atoms with E-state index in [1.807, 2.05) is 6.07 Å². The molecule has 0 fully saturated rings. The lowest BCUT2D eigenvalue weighted by Crippen LogP contribution is -2.16. The fraction of sp³-hybridized carbons (Fsp3) is 0.300. The molecule has 3 nitrogen and oxygen atoms in total. The standard InChI is InChI=1S/C10H11N3/c1-2-5-9-8(4-1)12-10-11-6-3-7-13(9)10/h1-2,4-5H,3,6-7H2,(H,11,12). The lowest BCUT2D eigenvalue weighted by atomic mass is 10.3. The lowest BCUT2D eigenvalue weighted by Gasteiger charge is -2.15. The van der Waals surface area contributed by atoms with Crippen LogP contribution in [0.15, 0.2) is 24.3 Å². The second-order valence-corrected chi connectivity index (χ2v) is 3.36. The Morgan fingerprint density at radius 2 is 2.23 bits per heavy atom. The highest BCUT2D eigenvalue weighted by Gasteiger charge is 2.12. The summed E-state index contributed by atoms with van der Waals surface area (Å²) < 4.78 is 2.25. The molecule has 0 radical (unpaired) electrons. The molecule has 3 rings (SSSR count). The number of fused-ring (bicyclic) bond motifs is 3. The summed E-state index contributed by atoms with van der Waals surface area (Å²) in [5, 5.41) is 3.30. The molecule has 3 heteroatoms. The van der Waals surface area contributed by atoms with Crippen LogP contribution in [0.1, 0.15) is 6.42 Å². The summed E-state index contributed by atoms with van der Waals surface area (Å²) in [6.07, 6.45) is 1.19. The van der Waals surface area contributed by atoms with Gasteiger partial charge in [-0.25, -0.2) is 4.98 Å². The third kappa shape index (κ3) is 0.932. The van der Waals surface area contributed by atoms with Gasteiger partial charge in [0.15, 0.2) is 0 Å². The Kier molecular flexibility index (Phi) is 1.33. The Morgan fingerprint density at radius 1 is 1.31 bits per heavy atom. The maximum Gasteiger partial charge on any atom is 0.203 e. The SMILES string of the molecule is c1ccc2c(c1)nc1n2CCCN1. The Bertz CT molecular complexity index is 444. The van der Waals surface area contributed by atoms with Crippen LogP contribution in [0.2, 0.25) is 0 Å². The molecule has 0 aliphatic carbocycles. The summed E-state index contributed by atoms with van der Waals surface area (Å²) in [6, 6.07) is 8.27. The zero-order chi connectivity index (χ0) is 8.67. The number of hydrogen-bond acceptors (Lipinski definition) is 2. The van der Waals surface area contributed by atoms with Crippen molar-refractivity contribution in [3.8, 4) is 0 Å². The van der Waals surface area contributed by atoms with Gasteiger partial charge in [-0.2, -0.15) is 0 Å². The number of nitrogens with zero attached hydrogens (tertiary/aromatic N) is 2. The number of nitrogens with one attached hydrogen (secondary N) is 1. The topological polar surface area (TPSA) is 29.9 Å². The third-order valence-electron chi connectivity index (χ3n) is 2.50. The number of aryl methyl sites for hydroxylation is 1. The second-order valence-electron chi connectivity index (χ2n) is 3.36. The van der Waals surface area contributed by atoms with Crippen molar-refractivity contribution in [2.45, 2.75) is 13.0 Å². The van der Waals surface area contributed by atoms with Crippen LogP contribution in [0, 0.1) is 0 Å². The van der Waals surface area contributed by atoms with E-state index in [1.165, 1.54) is 11.9 Å². The Labute approximate surface area is 76.4 Å². The highest BCUT2D eigenvalue weighted by atomic mass is 15.2. The van der Waals surface area contributed by atoms with Crippen LogP contribution in [0.25, 0.3) is 11.0 Å². The van der Waals surface area contributed by atoms with E-state index in [2.05, 4.69) is 33.1 Å². The van der Waals surface area contributed by atoms with Crippen LogP contribution < -0.4 is 5.32 Å². The van der Waals surface area contributed by atoms with Gasteiger partial charge in [0.1, 0.15) is 0 Å². The molecule has 0 amide bonds. The number of benzene rings is 1. The zero-order valence-electron chi connectivity index (χ0n) is 7.33. The Morgan fingerprint density at radius 3 is 3.23 bits per heavy atom. The molecule has 1 aliphatic heterocycles. The van der Waals surface area contributed by atoms with E-state index in [0.29, 0.717) is 0 Å². The molecule has 0 saturated carbocycles. The maximum absolute atomic E-state index is 4.51. The van der Waals surface area contributed by atoms with Crippen molar-refractivity contribution in [2.24, 2.45) is 0 Å². The van der Waals surface area contributed by atoms with Crippen molar-refractivity contribution < 1.29 is 0 Å². The molecule has 1 aromatic carbocycles. The lowest BCUT2D eigenvalue weighted by molar-refractivity contribution is 0.642.